The minimum absolute atomic E-state index is 0.254. The van der Waals surface area contributed by atoms with Crippen LogP contribution < -0.4 is 0 Å². The summed E-state index contributed by atoms with van der Waals surface area (Å²) in [6.45, 7) is 0. The molecular formula is C10H7ClO3. The summed E-state index contributed by atoms with van der Waals surface area (Å²) in [6, 6.07) is 4.84. The Morgan fingerprint density at radius 3 is 2.86 bits per heavy atom. The number of carbonyl (C=O) groups excluding carboxylic acids is 1. The van der Waals surface area contributed by atoms with E-state index in [0.29, 0.717) is 10.6 Å². The predicted octanol–water partition coefficient (Wildman–Crippen LogP) is 1.78. The number of fused-ring (bicyclic) bond motifs is 1. The lowest BCUT2D eigenvalue weighted by Gasteiger charge is -1.97. The number of Topliss-reactive ketones (excluding diaryl/α,β-unsaturated/α-hetero) is 1. The third kappa shape index (κ3) is 1.30. The molecule has 0 amide bonds. The van der Waals surface area contributed by atoms with E-state index in [0.717, 1.165) is 5.56 Å². The number of hydrogen-bond donors (Lipinski definition) is 1. The molecule has 1 unspecified atom stereocenters. The summed E-state index contributed by atoms with van der Waals surface area (Å²) >= 11 is 5.74. The molecule has 1 N–H and O–H groups in total. The van der Waals surface area contributed by atoms with Gasteiger partial charge in [0.05, 0.1) is 0 Å². The van der Waals surface area contributed by atoms with Gasteiger partial charge >= 0.3 is 5.97 Å². The van der Waals surface area contributed by atoms with Crippen molar-refractivity contribution in [3.63, 3.8) is 0 Å². The number of aliphatic carboxylic acids is 1. The Bertz CT molecular complexity index is 425. The van der Waals surface area contributed by atoms with E-state index in [2.05, 4.69) is 0 Å². The fourth-order valence-corrected chi connectivity index (χ4v) is 1.87. The standard InChI is InChI=1S/C10H7ClO3/c11-6-1-2-7-5(3-6)4-8(9(7)12)10(13)14/h1-3,8H,4H2,(H,13,14). The molecule has 0 radical (unpaired) electrons. The van der Waals surface area contributed by atoms with Crippen LogP contribution >= 0.6 is 11.6 Å². The monoisotopic (exact) mass is 210 g/mol. The van der Waals surface area contributed by atoms with Gasteiger partial charge in [0.1, 0.15) is 5.92 Å². The highest BCUT2D eigenvalue weighted by Gasteiger charge is 2.35. The average molecular weight is 211 g/mol. The first-order chi connectivity index (χ1) is 6.59. The lowest BCUT2D eigenvalue weighted by Crippen LogP contribution is -2.19. The first-order valence-electron chi connectivity index (χ1n) is 4.15. The van der Waals surface area contributed by atoms with Crippen LogP contribution in [0.25, 0.3) is 0 Å². The highest BCUT2D eigenvalue weighted by Crippen LogP contribution is 2.29. The molecule has 0 saturated carbocycles. The number of carboxylic acid groups (broad SMARTS) is 1. The van der Waals surface area contributed by atoms with Gasteiger partial charge in [-0.15, -0.1) is 0 Å². The molecule has 4 heteroatoms. The Labute approximate surface area is 85.3 Å². The van der Waals surface area contributed by atoms with E-state index in [1.54, 1.807) is 18.2 Å². The zero-order valence-electron chi connectivity index (χ0n) is 7.16. The predicted molar refractivity (Wildman–Crippen MR) is 50.6 cm³/mol. The minimum Gasteiger partial charge on any atom is -0.481 e. The van der Waals surface area contributed by atoms with Crippen LogP contribution in [0.3, 0.4) is 0 Å². The Kier molecular flexibility index (Phi) is 2.04. The van der Waals surface area contributed by atoms with E-state index in [-0.39, 0.29) is 12.2 Å². The molecular weight excluding hydrogens is 204 g/mol. The highest BCUT2D eigenvalue weighted by molar-refractivity contribution is 6.31. The third-order valence-corrected chi connectivity index (χ3v) is 2.61. The Balaban J connectivity index is 2.45. The van der Waals surface area contributed by atoms with Gasteiger partial charge in [0.25, 0.3) is 0 Å². The van der Waals surface area contributed by atoms with Crippen molar-refractivity contribution in [1.82, 2.24) is 0 Å². The molecule has 1 atom stereocenters. The quantitative estimate of drug-likeness (QED) is 0.719. The summed E-state index contributed by atoms with van der Waals surface area (Å²) in [5, 5.41) is 9.30. The molecule has 0 spiro atoms. The highest BCUT2D eigenvalue weighted by atomic mass is 35.5. The molecule has 0 aliphatic heterocycles. The van der Waals surface area contributed by atoms with Gasteiger partial charge in [-0.1, -0.05) is 11.6 Å². The normalized spacial score (nSPS) is 19.5. The first kappa shape index (κ1) is 9.21. The third-order valence-electron chi connectivity index (χ3n) is 2.37. The van der Waals surface area contributed by atoms with Crippen molar-refractivity contribution >= 4 is 23.4 Å². The number of carboxylic acids is 1. The second-order valence-electron chi connectivity index (χ2n) is 3.26. The van der Waals surface area contributed by atoms with Crippen LogP contribution in [0.4, 0.5) is 0 Å². The molecule has 0 bridgehead atoms. The number of halogens is 1. The maximum atomic E-state index is 11.5. The summed E-state index contributed by atoms with van der Waals surface area (Å²) in [4.78, 5) is 22.2. The summed E-state index contributed by atoms with van der Waals surface area (Å²) in [7, 11) is 0. The molecule has 0 fully saturated rings. The van der Waals surface area contributed by atoms with Crippen molar-refractivity contribution in [3.05, 3.63) is 34.3 Å². The van der Waals surface area contributed by atoms with Crippen LogP contribution in [0.15, 0.2) is 18.2 Å². The Hall–Kier alpha value is -1.35. The molecule has 1 aliphatic carbocycles. The SMILES string of the molecule is O=C(O)C1Cc2cc(Cl)ccc2C1=O. The largest absolute Gasteiger partial charge is 0.481 e. The summed E-state index contributed by atoms with van der Waals surface area (Å²) < 4.78 is 0. The topological polar surface area (TPSA) is 54.4 Å². The van der Waals surface area contributed by atoms with Gasteiger partial charge in [0, 0.05) is 10.6 Å². The maximum absolute atomic E-state index is 11.5. The lowest BCUT2D eigenvalue weighted by molar-refractivity contribution is -0.139. The van der Waals surface area contributed by atoms with Gasteiger partial charge in [0.2, 0.25) is 0 Å². The van der Waals surface area contributed by atoms with Crippen molar-refractivity contribution in [3.8, 4) is 0 Å². The number of ketones is 1. The molecule has 1 aromatic carbocycles. The number of hydrogen-bond acceptors (Lipinski definition) is 2. The molecule has 2 rings (SSSR count). The van der Waals surface area contributed by atoms with Gasteiger partial charge in [-0.3, -0.25) is 9.59 Å². The van der Waals surface area contributed by atoms with Crippen LogP contribution in [0.2, 0.25) is 5.02 Å². The fraction of sp³-hybridized carbons (Fsp3) is 0.200. The number of carbonyl (C=O) groups is 2. The van der Waals surface area contributed by atoms with Crippen molar-refractivity contribution in [2.75, 3.05) is 0 Å². The van der Waals surface area contributed by atoms with Crippen molar-refractivity contribution in [1.29, 1.82) is 0 Å². The van der Waals surface area contributed by atoms with Gasteiger partial charge in [0.15, 0.2) is 5.78 Å². The zero-order chi connectivity index (χ0) is 10.3. The van der Waals surface area contributed by atoms with Crippen LogP contribution in [-0.2, 0) is 11.2 Å². The van der Waals surface area contributed by atoms with Gasteiger partial charge < -0.3 is 5.11 Å². The lowest BCUT2D eigenvalue weighted by atomic mass is 10.1. The number of benzene rings is 1. The van der Waals surface area contributed by atoms with Crippen molar-refractivity contribution < 1.29 is 14.7 Å². The van der Waals surface area contributed by atoms with E-state index in [1.807, 2.05) is 0 Å². The average Bonchev–Trinajstić information content (AvgIpc) is 2.43. The maximum Gasteiger partial charge on any atom is 0.314 e. The Morgan fingerprint density at radius 2 is 2.21 bits per heavy atom. The second kappa shape index (κ2) is 3.10. The van der Waals surface area contributed by atoms with Crippen LogP contribution in [0, 0.1) is 5.92 Å². The first-order valence-corrected chi connectivity index (χ1v) is 4.53. The summed E-state index contributed by atoms with van der Waals surface area (Å²) in [5.74, 6) is -2.31. The van der Waals surface area contributed by atoms with Crippen LogP contribution in [0.5, 0.6) is 0 Å². The van der Waals surface area contributed by atoms with E-state index in [4.69, 9.17) is 16.7 Å². The van der Waals surface area contributed by atoms with Crippen LogP contribution in [-0.4, -0.2) is 16.9 Å². The molecule has 72 valence electrons. The van der Waals surface area contributed by atoms with Crippen molar-refractivity contribution in [2.24, 2.45) is 5.92 Å². The van der Waals surface area contributed by atoms with Gasteiger partial charge in [-0.2, -0.15) is 0 Å². The molecule has 0 aromatic heterocycles. The number of rotatable bonds is 1. The van der Waals surface area contributed by atoms with Gasteiger partial charge in [-0.25, -0.2) is 0 Å². The molecule has 1 aromatic rings. The molecule has 3 nitrogen and oxygen atoms in total. The van der Waals surface area contributed by atoms with E-state index < -0.39 is 11.9 Å². The molecule has 0 heterocycles. The summed E-state index contributed by atoms with van der Waals surface area (Å²) in [5.41, 5.74) is 1.22. The van der Waals surface area contributed by atoms with Crippen molar-refractivity contribution in [2.45, 2.75) is 6.42 Å². The molecule has 14 heavy (non-hydrogen) atoms. The second-order valence-corrected chi connectivity index (χ2v) is 3.70. The molecule has 0 saturated heterocycles. The Morgan fingerprint density at radius 1 is 1.50 bits per heavy atom. The fourth-order valence-electron chi connectivity index (χ4n) is 1.67. The van der Waals surface area contributed by atoms with Gasteiger partial charge in [-0.05, 0) is 30.2 Å². The molecule has 1 aliphatic rings. The van der Waals surface area contributed by atoms with E-state index in [1.165, 1.54) is 0 Å². The van der Waals surface area contributed by atoms with Crippen LogP contribution in [0.1, 0.15) is 15.9 Å². The van der Waals surface area contributed by atoms with E-state index in [9.17, 15) is 9.59 Å². The van der Waals surface area contributed by atoms with E-state index >= 15 is 0 Å². The summed E-state index contributed by atoms with van der Waals surface area (Å²) in [6.07, 6.45) is 0.254. The zero-order valence-corrected chi connectivity index (χ0v) is 7.91. The minimum atomic E-state index is -1.07. The smallest absolute Gasteiger partial charge is 0.314 e.